The zero-order chi connectivity index (χ0) is 19.4. The maximum Gasteiger partial charge on any atom is 0.359 e. The molecule has 0 unspecified atom stereocenters. The Morgan fingerprint density at radius 3 is 2.63 bits per heavy atom. The second kappa shape index (κ2) is 8.65. The van der Waals surface area contributed by atoms with E-state index in [-0.39, 0.29) is 20.8 Å². The number of hydrogen-bond acceptors (Lipinski definition) is 6. The third-order valence-corrected chi connectivity index (χ3v) is 4.72. The Morgan fingerprint density at radius 2 is 1.85 bits per heavy atom. The van der Waals surface area contributed by atoms with E-state index in [1.807, 2.05) is 0 Å². The molecule has 27 heavy (non-hydrogen) atoms. The largest absolute Gasteiger partial charge is 0.490 e. The number of aromatic nitrogens is 1. The third-order valence-electron chi connectivity index (χ3n) is 3.48. The van der Waals surface area contributed by atoms with Crippen molar-refractivity contribution in [1.29, 1.82) is 0 Å². The van der Waals surface area contributed by atoms with Crippen LogP contribution in [0.2, 0.25) is 15.1 Å². The molecule has 1 amide bonds. The van der Waals surface area contributed by atoms with Gasteiger partial charge in [0.1, 0.15) is 0 Å². The van der Waals surface area contributed by atoms with Crippen LogP contribution in [0.15, 0.2) is 24.4 Å². The summed E-state index contributed by atoms with van der Waals surface area (Å²) in [6.45, 7) is 0.560. The standard InChI is InChI=1S/C17H13Cl3N2O5/c18-10-7-21-16(15(20)14(10)19)17(24)27-8-13(23)22-9-2-3-11-12(6-9)26-5-1-4-25-11/h2-3,6-7H,1,4-5,8H2,(H,22,23). The van der Waals surface area contributed by atoms with Gasteiger partial charge in [-0.2, -0.15) is 0 Å². The SMILES string of the molecule is O=C(COC(=O)c1ncc(Cl)c(Cl)c1Cl)Nc1ccc2c(c1)OCCCO2. The number of carbonyl (C=O) groups is 2. The highest BCUT2D eigenvalue weighted by atomic mass is 35.5. The zero-order valence-electron chi connectivity index (χ0n) is 13.8. The molecule has 0 saturated heterocycles. The number of halogens is 3. The first kappa shape index (κ1) is 19.5. The molecular weight excluding hydrogens is 419 g/mol. The van der Waals surface area contributed by atoms with Crippen LogP contribution in [-0.4, -0.2) is 36.7 Å². The van der Waals surface area contributed by atoms with Crippen LogP contribution in [0.1, 0.15) is 16.9 Å². The first-order valence-electron chi connectivity index (χ1n) is 7.82. The number of esters is 1. The van der Waals surface area contributed by atoms with E-state index in [0.717, 1.165) is 6.42 Å². The summed E-state index contributed by atoms with van der Waals surface area (Å²) in [6.07, 6.45) is 1.95. The summed E-state index contributed by atoms with van der Waals surface area (Å²) in [6, 6.07) is 4.99. The fraction of sp³-hybridized carbons (Fsp3) is 0.235. The van der Waals surface area contributed by atoms with Gasteiger partial charge in [0.25, 0.3) is 5.91 Å². The number of hydrogen-bond donors (Lipinski definition) is 1. The monoisotopic (exact) mass is 430 g/mol. The molecule has 0 spiro atoms. The van der Waals surface area contributed by atoms with E-state index >= 15 is 0 Å². The number of fused-ring (bicyclic) bond motifs is 1. The highest BCUT2D eigenvalue weighted by Gasteiger charge is 2.19. The number of rotatable bonds is 4. The van der Waals surface area contributed by atoms with Gasteiger partial charge in [-0.05, 0) is 12.1 Å². The maximum atomic E-state index is 12.0. The summed E-state index contributed by atoms with van der Waals surface area (Å²) in [5, 5.41) is 2.55. The van der Waals surface area contributed by atoms with Crippen molar-refractivity contribution in [2.45, 2.75) is 6.42 Å². The molecule has 1 aliphatic heterocycles. The molecule has 142 valence electrons. The molecule has 7 nitrogen and oxygen atoms in total. The molecule has 1 N–H and O–H groups in total. The summed E-state index contributed by atoms with van der Waals surface area (Å²) in [5.74, 6) is -0.298. The number of benzene rings is 1. The Labute approximate surface area is 169 Å². The molecule has 0 radical (unpaired) electrons. The van der Waals surface area contributed by atoms with E-state index in [2.05, 4.69) is 10.3 Å². The third kappa shape index (κ3) is 4.74. The predicted octanol–water partition coefficient (Wildman–Crippen LogP) is 4.00. The van der Waals surface area contributed by atoms with E-state index in [1.165, 1.54) is 6.20 Å². The molecule has 3 rings (SSSR count). The van der Waals surface area contributed by atoms with E-state index in [9.17, 15) is 9.59 Å². The lowest BCUT2D eigenvalue weighted by Crippen LogP contribution is -2.21. The van der Waals surface area contributed by atoms with Gasteiger partial charge in [0.05, 0.1) is 28.3 Å². The number of anilines is 1. The van der Waals surface area contributed by atoms with Crippen LogP contribution >= 0.6 is 34.8 Å². The van der Waals surface area contributed by atoms with Crippen LogP contribution in [0.25, 0.3) is 0 Å². The van der Waals surface area contributed by atoms with Gasteiger partial charge < -0.3 is 19.5 Å². The van der Waals surface area contributed by atoms with Crippen LogP contribution in [-0.2, 0) is 9.53 Å². The average molecular weight is 432 g/mol. The number of pyridine rings is 1. The topological polar surface area (TPSA) is 86.8 Å². The van der Waals surface area contributed by atoms with Gasteiger partial charge in [-0.25, -0.2) is 9.78 Å². The fourth-order valence-corrected chi connectivity index (χ4v) is 2.78. The Kier molecular flexibility index (Phi) is 6.26. The van der Waals surface area contributed by atoms with Gasteiger partial charge in [-0.1, -0.05) is 34.8 Å². The van der Waals surface area contributed by atoms with Crippen molar-refractivity contribution in [3.8, 4) is 11.5 Å². The van der Waals surface area contributed by atoms with Gasteiger partial charge in [0.15, 0.2) is 23.8 Å². The Hall–Kier alpha value is -2.22. The number of ether oxygens (including phenoxy) is 3. The van der Waals surface area contributed by atoms with Crippen molar-refractivity contribution < 1.29 is 23.8 Å². The quantitative estimate of drug-likeness (QED) is 0.736. The van der Waals surface area contributed by atoms with E-state index in [1.54, 1.807) is 18.2 Å². The first-order valence-corrected chi connectivity index (χ1v) is 8.95. The summed E-state index contributed by atoms with van der Waals surface area (Å²) in [7, 11) is 0. The van der Waals surface area contributed by atoms with E-state index in [4.69, 9.17) is 49.0 Å². The van der Waals surface area contributed by atoms with E-state index < -0.39 is 18.5 Å². The summed E-state index contributed by atoms with van der Waals surface area (Å²) < 4.78 is 16.0. The van der Waals surface area contributed by atoms with Gasteiger partial charge in [0, 0.05) is 24.4 Å². The smallest absolute Gasteiger partial charge is 0.359 e. The molecule has 0 atom stereocenters. The van der Waals surface area contributed by atoms with Gasteiger partial charge in [-0.3, -0.25) is 4.79 Å². The van der Waals surface area contributed by atoms with Crippen LogP contribution < -0.4 is 14.8 Å². The second-order valence-corrected chi connectivity index (χ2v) is 6.58. The number of carbonyl (C=O) groups excluding carboxylic acids is 2. The van der Waals surface area contributed by atoms with Crippen molar-refractivity contribution in [2.24, 2.45) is 0 Å². The van der Waals surface area contributed by atoms with Crippen LogP contribution in [0.3, 0.4) is 0 Å². The van der Waals surface area contributed by atoms with Gasteiger partial charge in [0.2, 0.25) is 0 Å². The molecule has 10 heteroatoms. The average Bonchev–Trinajstić information content (AvgIpc) is 2.89. The Morgan fingerprint density at radius 1 is 1.11 bits per heavy atom. The fourth-order valence-electron chi connectivity index (χ4n) is 2.22. The molecule has 1 aliphatic rings. The molecule has 2 heterocycles. The van der Waals surface area contributed by atoms with Crippen molar-refractivity contribution in [3.05, 3.63) is 45.2 Å². The lowest BCUT2D eigenvalue weighted by atomic mass is 10.2. The lowest BCUT2D eigenvalue weighted by molar-refractivity contribution is -0.119. The highest BCUT2D eigenvalue weighted by Crippen LogP contribution is 2.33. The molecule has 0 fully saturated rings. The van der Waals surface area contributed by atoms with Crippen molar-refractivity contribution in [1.82, 2.24) is 4.98 Å². The van der Waals surface area contributed by atoms with Crippen LogP contribution in [0.5, 0.6) is 11.5 Å². The highest BCUT2D eigenvalue weighted by molar-refractivity contribution is 6.48. The van der Waals surface area contributed by atoms with Crippen molar-refractivity contribution >= 4 is 52.4 Å². The number of amides is 1. The van der Waals surface area contributed by atoms with Crippen LogP contribution in [0.4, 0.5) is 5.69 Å². The van der Waals surface area contributed by atoms with Crippen LogP contribution in [0, 0.1) is 0 Å². The van der Waals surface area contributed by atoms with Gasteiger partial charge >= 0.3 is 5.97 Å². The molecule has 0 saturated carbocycles. The van der Waals surface area contributed by atoms with Gasteiger partial charge in [-0.15, -0.1) is 0 Å². The first-order chi connectivity index (χ1) is 13.0. The number of nitrogens with zero attached hydrogens (tertiary/aromatic N) is 1. The normalized spacial score (nSPS) is 12.9. The molecule has 1 aromatic carbocycles. The second-order valence-electron chi connectivity index (χ2n) is 5.42. The summed E-state index contributed by atoms with van der Waals surface area (Å²) in [4.78, 5) is 27.8. The Bertz CT molecular complexity index is 891. The summed E-state index contributed by atoms with van der Waals surface area (Å²) in [5.41, 5.74) is 0.250. The maximum absolute atomic E-state index is 12.0. The predicted molar refractivity (Wildman–Crippen MR) is 100 cm³/mol. The van der Waals surface area contributed by atoms with Crippen molar-refractivity contribution in [2.75, 3.05) is 25.1 Å². The molecule has 2 aromatic rings. The van der Waals surface area contributed by atoms with Crippen molar-refractivity contribution in [3.63, 3.8) is 0 Å². The lowest BCUT2D eigenvalue weighted by Gasteiger charge is -2.11. The Balaban J connectivity index is 1.59. The minimum atomic E-state index is -0.896. The molecule has 0 bridgehead atoms. The zero-order valence-corrected chi connectivity index (χ0v) is 16.0. The minimum absolute atomic E-state index is 0.0167. The summed E-state index contributed by atoms with van der Waals surface area (Å²) >= 11 is 17.5. The van der Waals surface area contributed by atoms with E-state index in [0.29, 0.717) is 30.4 Å². The molecule has 1 aromatic heterocycles. The number of nitrogens with one attached hydrogen (secondary N) is 1. The molecule has 0 aliphatic carbocycles. The molecular formula is C17H13Cl3N2O5. The minimum Gasteiger partial charge on any atom is -0.490 e.